The standard InChI is InChI=1S/C24H28O3/c1-16(2)22-14-11-20(24(25)27-4)15-23(22)19-7-5-17(6-8-19)18-9-12-21(26-3)13-10-18/h5-10,12-13,20,22-23H,1,11,14-15H2,2-4H3/t20-,22+,23+/m1/s1. The van der Waals surface area contributed by atoms with E-state index in [1.165, 1.54) is 23.8 Å². The number of benzene rings is 2. The average Bonchev–Trinajstić information content (AvgIpc) is 2.72. The third-order valence-electron chi connectivity index (χ3n) is 5.78. The van der Waals surface area contributed by atoms with Gasteiger partial charge in [-0.1, -0.05) is 48.6 Å². The molecule has 0 amide bonds. The lowest BCUT2D eigenvalue weighted by atomic mass is 9.69. The highest BCUT2D eigenvalue weighted by molar-refractivity contribution is 5.72. The van der Waals surface area contributed by atoms with E-state index in [1.807, 2.05) is 12.1 Å². The first-order chi connectivity index (χ1) is 13.0. The molecule has 1 fully saturated rings. The van der Waals surface area contributed by atoms with Crippen molar-refractivity contribution in [3.63, 3.8) is 0 Å². The number of esters is 1. The molecule has 0 spiro atoms. The first-order valence-electron chi connectivity index (χ1n) is 9.51. The summed E-state index contributed by atoms with van der Waals surface area (Å²) in [5, 5.41) is 0. The van der Waals surface area contributed by atoms with E-state index < -0.39 is 0 Å². The van der Waals surface area contributed by atoms with Crippen molar-refractivity contribution in [1.82, 2.24) is 0 Å². The van der Waals surface area contributed by atoms with E-state index in [0.29, 0.717) is 11.8 Å². The van der Waals surface area contributed by atoms with Gasteiger partial charge in [-0.05, 0) is 66.8 Å². The molecule has 0 saturated heterocycles. The Morgan fingerprint density at radius 3 is 2.07 bits per heavy atom. The van der Waals surface area contributed by atoms with Crippen molar-refractivity contribution < 1.29 is 14.3 Å². The van der Waals surface area contributed by atoms with Gasteiger partial charge in [0.1, 0.15) is 5.75 Å². The number of carbonyl (C=O) groups excluding carboxylic acids is 1. The fourth-order valence-electron chi connectivity index (χ4n) is 4.22. The number of hydrogen-bond donors (Lipinski definition) is 0. The minimum absolute atomic E-state index is 0.0168. The predicted octanol–water partition coefficient (Wildman–Crippen LogP) is 5.61. The van der Waals surface area contributed by atoms with Crippen LogP contribution >= 0.6 is 0 Å². The Hall–Kier alpha value is -2.55. The maximum Gasteiger partial charge on any atom is 0.308 e. The maximum absolute atomic E-state index is 12.1. The minimum Gasteiger partial charge on any atom is -0.497 e. The zero-order chi connectivity index (χ0) is 19.4. The van der Waals surface area contributed by atoms with Crippen LogP contribution in [0, 0.1) is 11.8 Å². The molecular formula is C24H28O3. The molecule has 1 aliphatic rings. The molecule has 1 aliphatic carbocycles. The van der Waals surface area contributed by atoms with Crippen molar-refractivity contribution in [3.05, 3.63) is 66.2 Å². The number of carbonyl (C=O) groups is 1. The smallest absolute Gasteiger partial charge is 0.308 e. The van der Waals surface area contributed by atoms with Gasteiger partial charge in [-0.3, -0.25) is 4.79 Å². The van der Waals surface area contributed by atoms with Gasteiger partial charge < -0.3 is 9.47 Å². The molecule has 2 aromatic rings. The van der Waals surface area contributed by atoms with Crippen LogP contribution < -0.4 is 4.74 Å². The molecule has 1 saturated carbocycles. The Morgan fingerprint density at radius 1 is 0.963 bits per heavy atom. The van der Waals surface area contributed by atoms with Gasteiger partial charge in [0.15, 0.2) is 0 Å². The van der Waals surface area contributed by atoms with Crippen molar-refractivity contribution in [2.24, 2.45) is 11.8 Å². The fourth-order valence-corrected chi connectivity index (χ4v) is 4.22. The number of ether oxygens (including phenoxy) is 2. The van der Waals surface area contributed by atoms with Crippen molar-refractivity contribution >= 4 is 5.97 Å². The van der Waals surface area contributed by atoms with Crippen molar-refractivity contribution in [2.75, 3.05) is 14.2 Å². The lowest BCUT2D eigenvalue weighted by molar-refractivity contribution is -0.147. The van der Waals surface area contributed by atoms with E-state index in [-0.39, 0.29) is 11.9 Å². The fraction of sp³-hybridized carbons (Fsp3) is 0.375. The summed E-state index contributed by atoms with van der Waals surface area (Å²) in [5.41, 5.74) is 4.81. The lowest BCUT2D eigenvalue weighted by Gasteiger charge is -2.36. The number of methoxy groups -OCH3 is 2. The van der Waals surface area contributed by atoms with Gasteiger partial charge in [-0.15, -0.1) is 0 Å². The van der Waals surface area contributed by atoms with Gasteiger partial charge in [-0.25, -0.2) is 0 Å². The zero-order valence-electron chi connectivity index (χ0n) is 16.4. The molecule has 0 N–H and O–H groups in total. The van der Waals surface area contributed by atoms with Crippen LogP contribution in [0.25, 0.3) is 11.1 Å². The summed E-state index contributed by atoms with van der Waals surface area (Å²) in [4.78, 5) is 12.1. The summed E-state index contributed by atoms with van der Waals surface area (Å²) in [5.74, 6) is 1.48. The van der Waals surface area contributed by atoms with Crippen LogP contribution in [0.3, 0.4) is 0 Å². The molecular weight excluding hydrogens is 336 g/mol. The van der Waals surface area contributed by atoms with E-state index in [0.717, 1.165) is 30.6 Å². The van der Waals surface area contributed by atoms with E-state index in [1.54, 1.807) is 7.11 Å². The van der Waals surface area contributed by atoms with E-state index >= 15 is 0 Å². The molecule has 0 bridgehead atoms. The molecule has 0 aromatic heterocycles. The van der Waals surface area contributed by atoms with Crippen molar-refractivity contribution in [2.45, 2.75) is 32.1 Å². The SMILES string of the molecule is C=C(C)[C@@H]1CC[C@@H](C(=O)OC)C[C@H]1c1ccc(-c2ccc(OC)cc2)cc1. The first kappa shape index (κ1) is 19.2. The Labute approximate surface area is 162 Å². The van der Waals surface area contributed by atoms with Gasteiger partial charge in [0.05, 0.1) is 20.1 Å². The lowest BCUT2D eigenvalue weighted by Crippen LogP contribution is -2.29. The van der Waals surface area contributed by atoms with Crippen LogP contribution in [0.15, 0.2) is 60.7 Å². The normalized spacial score (nSPS) is 22.1. The Kier molecular flexibility index (Phi) is 6.00. The van der Waals surface area contributed by atoms with Gasteiger partial charge in [0.2, 0.25) is 0 Å². The summed E-state index contributed by atoms with van der Waals surface area (Å²) in [7, 11) is 3.15. The third kappa shape index (κ3) is 4.24. The highest BCUT2D eigenvalue weighted by Crippen LogP contribution is 2.44. The third-order valence-corrected chi connectivity index (χ3v) is 5.78. The summed E-state index contributed by atoms with van der Waals surface area (Å²) in [6.45, 7) is 6.30. The molecule has 3 heteroatoms. The Bertz CT molecular complexity index is 789. The molecule has 0 unspecified atom stereocenters. The molecule has 0 radical (unpaired) electrons. The van der Waals surface area contributed by atoms with E-state index in [4.69, 9.17) is 9.47 Å². The van der Waals surface area contributed by atoms with Gasteiger partial charge >= 0.3 is 5.97 Å². The minimum atomic E-state index is -0.0879. The monoisotopic (exact) mass is 364 g/mol. The maximum atomic E-state index is 12.1. The number of hydrogen-bond acceptors (Lipinski definition) is 3. The highest BCUT2D eigenvalue weighted by atomic mass is 16.5. The van der Waals surface area contributed by atoms with Gasteiger partial charge in [-0.2, -0.15) is 0 Å². The summed E-state index contributed by atoms with van der Waals surface area (Å²) < 4.78 is 10.2. The number of allylic oxidation sites excluding steroid dienone is 1. The van der Waals surface area contributed by atoms with Gasteiger partial charge in [0.25, 0.3) is 0 Å². The molecule has 3 nitrogen and oxygen atoms in total. The quantitative estimate of drug-likeness (QED) is 0.511. The second kappa shape index (κ2) is 8.43. The molecule has 3 rings (SSSR count). The highest BCUT2D eigenvalue weighted by Gasteiger charge is 2.35. The molecule has 2 aromatic carbocycles. The topological polar surface area (TPSA) is 35.5 Å². The molecule has 142 valence electrons. The van der Waals surface area contributed by atoms with Crippen LogP contribution in [-0.4, -0.2) is 20.2 Å². The summed E-state index contributed by atoms with van der Waals surface area (Å²) >= 11 is 0. The molecule has 0 aliphatic heterocycles. The van der Waals surface area contributed by atoms with Crippen LogP contribution in [0.1, 0.15) is 37.7 Å². The molecule has 3 atom stereocenters. The van der Waals surface area contributed by atoms with Crippen LogP contribution in [0.4, 0.5) is 0 Å². The van der Waals surface area contributed by atoms with Crippen molar-refractivity contribution in [1.29, 1.82) is 0 Å². The summed E-state index contributed by atoms with van der Waals surface area (Å²) in [6, 6.07) is 16.8. The van der Waals surface area contributed by atoms with Crippen LogP contribution in [-0.2, 0) is 9.53 Å². The Balaban J connectivity index is 1.83. The predicted molar refractivity (Wildman–Crippen MR) is 109 cm³/mol. The van der Waals surface area contributed by atoms with Crippen LogP contribution in [0.2, 0.25) is 0 Å². The largest absolute Gasteiger partial charge is 0.497 e. The van der Waals surface area contributed by atoms with Crippen molar-refractivity contribution in [3.8, 4) is 16.9 Å². The molecule has 27 heavy (non-hydrogen) atoms. The van der Waals surface area contributed by atoms with E-state index in [2.05, 4.69) is 49.9 Å². The Morgan fingerprint density at radius 2 is 1.56 bits per heavy atom. The number of rotatable bonds is 5. The average molecular weight is 364 g/mol. The summed E-state index contributed by atoms with van der Waals surface area (Å²) in [6.07, 6.45) is 2.69. The second-order valence-electron chi connectivity index (χ2n) is 7.44. The van der Waals surface area contributed by atoms with E-state index in [9.17, 15) is 4.79 Å². The second-order valence-corrected chi connectivity index (χ2v) is 7.44. The van der Waals surface area contributed by atoms with Crippen LogP contribution in [0.5, 0.6) is 5.75 Å². The van der Waals surface area contributed by atoms with Gasteiger partial charge in [0, 0.05) is 0 Å². The molecule has 0 heterocycles. The zero-order valence-corrected chi connectivity index (χ0v) is 16.4. The first-order valence-corrected chi connectivity index (χ1v) is 9.51.